The van der Waals surface area contributed by atoms with Crippen LogP contribution in [0, 0.1) is 15.9 Å². The zero-order valence-corrected chi connectivity index (χ0v) is 15.9. The fourth-order valence-corrected chi connectivity index (χ4v) is 2.71. The highest BCUT2D eigenvalue weighted by Crippen LogP contribution is 2.33. The molecular formula is C19H17ClFN5O2. The monoisotopic (exact) mass is 401 g/mol. The Labute approximate surface area is 165 Å². The van der Waals surface area contributed by atoms with Crippen molar-refractivity contribution in [2.75, 3.05) is 10.6 Å². The van der Waals surface area contributed by atoms with Crippen molar-refractivity contribution < 1.29 is 9.31 Å². The smallest absolute Gasteiger partial charge is 0.334 e. The molecule has 0 radical (unpaired) electrons. The summed E-state index contributed by atoms with van der Waals surface area (Å²) >= 11 is 5.76. The van der Waals surface area contributed by atoms with Gasteiger partial charge >= 0.3 is 5.69 Å². The molecule has 1 aromatic heterocycles. The van der Waals surface area contributed by atoms with Gasteiger partial charge in [-0.1, -0.05) is 37.6 Å². The third-order valence-corrected chi connectivity index (χ3v) is 4.32. The Morgan fingerprint density at radius 1 is 1.04 bits per heavy atom. The molecule has 0 aliphatic heterocycles. The summed E-state index contributed by atoms with van der Waals surface area (Å²) in [6.07, 6.45) is 1.20. The van der Waals surface area contributed by atoms with Gasteiger partial charge in [0.1, 0.15) is 12.1 Å². The van der Waals surface area contributed by atoms with E-state index in [1.807, 2.05) is 24.3 Å². The van der Waals surface area contributed by atoms with Crippen LogP contribution in [0.3, 0.4) is 0 Å². The van der Waals surface area contributed by atoms with E-state index in [0.717, 1.165) is 11.6 Å². The van der Waals surface area contributed by atoms with E-state index in [0.29, 0.717) is 17.3 Å². The Morgan fingerprint density at radius 3 is 2.14 bits per heavy atom. The quantitative estimate of drug-likeness (QED) is 0.401. The third-order valence-electron chi connectivity index (χ3n) is 4.03. The highest BCUT2D eigenvalue weighted by atomic mass is 35.5. The molecular weight excluding hydrogens is 385 g/mol. The number of nitro groups is 1. The molecule has 9 heteroatoms. The molecule has 0 fully saturated rings. The topological polar surface area (TPSA) is 93.0 Å². The summed E-state index contributed by atoms with van der Waals surface area (Å²) in [5.74, 6) is -0.214. The number of nitrogens with zero attached hydrogens (tertiary/aromatic N) is 3. The molecule has 3 aromatic rings. The van der Waals surface area contributed by atoms with Crippen LogP contribution in [0.4, 0.5) is 33.1 Å². The number of nitrogens with one attached hydrogen (secondary N) is 2. The van der Waals surface area contributed by atoms with Gasteiger partial charge in [-0.25, -0.2) is 14.4 Å². The van der Waals surface area contributed by atoms with Crippen LogP contribution in [0.15, 0.2) is 48.8 Å². The first kappa shape index (κ1) is 19.5. The van der Waals surface area contributed by atoms with E-state index >= 15 is 0 Å². The normalized spacial score (nSPS) is 10.8. The van der Waals surface area contributed by atoms with Crippen LogP contribution in [-0.4, -0.2) is 14.9 Å². The largest absolute Gasteiger partial charge is 0.353 e. The minimum Gasteiger partial charge on any atom is -0.334 e. The summed E-state index contributed by atoms with van der Waals surface area (Å²) in [7, 11) is 0. The van der Waals surface area contributed by atoms with Gasteiger partial charge in [-0.15, -0.1) is 0 Å². The predicted octanol–water partition coefficient (Wildman–Crippen LogP) is 5.79. The number of hydrogen-bond donors (Lipinski definition) is 2. The van der Waals surface area contributed by atoms with E-state index in [1.54, 1.807) is 0 Å². The molecule has 0 spiro atoms. The Kier molecular flexibility index (Phi) is 5.70. The Hall–Kier alpha value is -3.26. The van der Waals surface area contributed by atoms with Gasteiger partial charge in [0.15, 0.2) is 0 Å². The van der Waals surface area contributed by atoms with Crippen LogP contribution < -0.4 is 10.6 Å². The van der Waals surface area contributed by atoms with Crippen molar-refractivity contribution in [2.24, 2.45) is 0 Å². The lowest BCUT2D eigenvalue weighted by molar-refractivity contribution is -0.383. The number of aromatic nitrogens is 2. The molecule has 7 nitrogen and oxygen atoms in total. The fourth-order valence-electron chi connectivity index (χ4n) is 2.53. The molecule has 0 unspecified atom stereocenters. The van der Waals surface area contributed by atoms with Crippen molar-refractivity contribution in [3.63, 3.8) is 0 Å². The standard InChI is InChI=1S/C19H17ClFN5O2/c1-11(2)12-3-5-13(6-4-12)24-18-17(26(27)28)19(23-10-22-18)25-14-7-8-16(21)15(20)9-14/h3-11H,1-2H3,(H2,22,23,24,25). The average molecular weight is 402 g/mol. The first-order valence-electron chi connectivity index (χ1n) is 8.43. The first-order chi connectivity index (χ1) is 13.3. The maximum absolute atomic E-state index is 13.3. The van der Waals surface area contributed by atoms with Crippen LogP contribution in [0.2, 0.25) is 5.02 Å². The lowest BCUT2D eigenvalue weighted by atomic mass is 10.0. The molecule has 3 rings (SSSR count). The molecule has 144 valence electrons. The molecule has 0 saturated carbocycles. The van der Waals surface area contributed by atoms with Gasteiger partial charge in [0.25, 0.3) is 0 Å². The summed E-state index contributed by atoms with van der Waals surface area (Å²) in [6.45, 7) is 4.16. The average Bonchev–Trinajstić information content (AvgIpc) is 2.65. The highest BCUT2D eigenvalue weighted by molar-refractivity contribution is 6.31. The van der Waals surface area contributed by atoms with Crippen molar-refractivity contribution in [1.29, 1.82) is 0 Å². The summed E-state index contributed by atoms with van der Waals surface area (Å²) in [4.78, 5) is 19.0. The second kappa shape index (κ2) is 8.18. The van der Waals surface area contributed by atoms with Crippen molar-refractivity contribution in [1.82, 2.24) is 9.97 Å². The molecule has 28 heavy (non-hydrogen) atoms. The van der Waals surface area contributed by atoms with E-state index < -0.39 is 10.7 Å². The fraction of sp³-hybridized carbons (Fsp3) is 0.158. The molecule has 0 bridgehead atoms. The summed E-state index contributed by atoms with van der Waals surface area (Å²) in [5.41, 5.74) is 1.83. The van der Waals surface area contributed by atoms with Crippen molar-refractivity contribution in [2.45, 2.75) is 19.8 Å². The van der Waals surface area contributed by atoms with Crippen molar-refractivity contribution in [3.05, 3.63) is 75.3 Å². The zero-order chi connectivity index (χ0) is 20.3. The lowest BCUT2D eigenvalue weighted by Gasteiger charge is -2.11. The van der Waals surface area contributed by atoms with E-state index in [1.165, 1.54) is 18.5 Å². The maximum atomic E-state index is 13.3. The molecule has 0 aliphatic rings. The van der Waals surface area contributed by atoms with Gasteiger partial charge in [-0.3, -0.25) is 10.1 Å². The summed E-state index contributed by atoms with van der Waals surface area (Å²) < 4.78 is 13.3. The Bertz CT molecular complexity index is 1010. The molecule has 0 aliphatic carbocycles. The van der Waals surface area contributed by atoms with E-state index in [2.05, 4.69) is 34.4 Å². The summed E-state index contributed by atoms with van der Waals surface area (Å²) in [5, 5.41) is 17.3. The van der Waals surface area contributed by atoms with Crippen LogP contribution in [0.25, 0.3) is 0 Å². The zero-order valence-electron chi connectivity index (χ0n) is 15.1. The Balaban J connectivity index is 1.92. The number of halogens is 2. The molecule has 0 saturated heterocycles. The van der Waals surface area contributed by atoms with Crippen LogP contribution >= 0.6 is 11.6 Å². The SMILES string of the molecule is CC(C)c1ccc(Nc2ncnc(Nc3ccc(F)c(Cl)c3)c2[N+](=O)[O-])cc1. The minimum absolute atomic E-state index is 0.0352. The van der Waals surface area contributed by atoms with Gasteiger partial charge in [-0.05, 0) is 41.8 Å². The third kappa shape index (κ3) is 4.34. The number of hydrogen-bond acceptors (Lipinski definition) is 6. The second-order valence-corrected chi connectivity index (χ2v) is 6.74. The van der Waals surface area contributed by atoms with Gasteiger partial charge in [0, 0.05) is 11.4 Å². The van der Waals surface area contributed by atoms with Crippen molar-refractivity contribution in [3.8, 4) is 0 Å². The number of anilines is 4. The molecule has 2 aromatic carbocycles. The second-order valence-electron chi connectivity index (χ2n) is 6.33. The lowest BCUT2D eigenvalue weighted by Crippen LogP contribution is -2.05. The highest BCUT2D eigenvalue weighted by Gasteiger charge is 2.23. The van der Waals surface area contributed by atoms with Crippen molar-refractivity contribution >= 4 is 40.3 Å². The van der Waals surface area contributed by atoms with Gasteiger partial charge in [-0.2, -0.15) is 0 Å². The van der Waals surface area contributed by atoms with Crippen LogP contribution in [-0.2, 0) is 0 Å². The number of rotatable bonds is 6. The molecule has 1 heterocycles. The van der Waals surface area contributed by atoms with E-state index in [4.69, 9.17) is 11.6 Å². The first-order valence-corrected chi connectivity index (χ1v) is 8.81. The van der Waals surface area contributed by atoms with Gasteiger partial charge in [0.2, 0.25) is 11.6 Å². The van der Waals surface area contributed by atoms with Crippen LogP contribution in [0.5, 0.6) is 0 Å². The minimum atomic E-state index is -0.586. The van der Waals surface area contributed by atoms with Gasteiger partial charge in [0.05, 0.1) is 9.95 Å². The molecule has 2 N–H and O–H groups in total. The van der Waals surface area contributed by atoms with E-state index in [-0.39, 0.29) is 22.3 Å². The molecule has 0 amide bonds. The van der Waals surface area contributed by atoms with Gasteiger partial charge < -0.3 is 10.6 Å². The number of benzene rings is 2. The van der Waals surface area contributed by atoms with Crippen LogP contribution in [0.1, 0.15) is 25.3 Å². The Morgan fingerprint density at radius 2 is 1.61 bits per heavy atom. The summed E-state index contributed by atoms with van der Waals surface area (Å²) in [6, 6.07) is 11.4. The predicted molar refractivity (Wildman–Crippen MR) is 107 cm³/mol. The molecule has 0 atom stereocenters. The maximum Gasteiger partial charge on any atom is 0.353 e. The van der Waals surface area contributed by atoms with E-state index in [9.17, 15) is 14.5 Å².